The van der Waals surface area contributed by atoms with Gasteiger partial charge >= 0.3 is 0 Å². The Morgan fingerprint density at radius 1 is 1.48 bits per heavy atom. The molecule has 6 heteroatoms. The van der Waals surface area contributed by atoms with Crippen LogP contribution in [0, 0.1) is 0 Å². The predicted octanol–water partition coefficient (Wildman–Crippen LogP) is 2.18. The second-order valence-corrected chi connectivity index (χ2v) is 7.02. The zero-order valence-corrected chi connectivity index (χ0v) is 13.2. The molecular formula is C15H22N2O3S. The summed E-state index contributed by atoms with van der Waals surface area (Å²) >= 11 is 0. The number of anilines is 1. The molecule has 5 nitrogen and oxygen atoms in total. The third-order valence-corrected chi connectivity index (χ3v) is 5.29. The SMILES string of the molecule is C=CCN(CCC)S(=O)(=O)c1cc(N)cc2c1OCCC2. The zero-order valence-electron chi connectivity index (χ0n) is 12.3. The summed E-state index contributed by atoms with van der Waals surface area (Å²) in [5.74, 6) is 0.459. The highest BCUT2D eigenvalue weighted by atomic mass is 32.2. The first-order chi connectivity index (χ1) is 10.0. The fraction of sp³-hybridized carbons (Fsp3) is 0.467. The third-order valence-electron chi connectivity index (χ3n) is 3.41. The minimum absolute atomic E-state index is 0.174. The summed E-state index contributed by atoms with van der Waals surface area (Å²) in [6, 6.07) is 3.29. The van der Waals surface area contributed by atoms with Gasteiger partial charge in [-0.3, -0.25) is 0 Å². The number of benzene rings is 1. The van der Waals surface area contributed by atoms with Gasteiger partial charge in [0.15, 0.2) is 0 Å². The van der Waals surface area contributed by atoms with E-state index in [9.17, 15) is 8.42 Å². The maximum Gasteiger partial charge on any atom is 0.247 e. The molecule has 0 radical (unpaired) electrons. The van der Waals surface area contributed by atoms with Gasteiger partial charge in [0, 0.05) is 18.8 Å². The van der Waals surface area contributed by atoms with Gasteiger partial charge in [-0.15, -0.1) is 6.58 Å². The number of nitrogens with zero attached hydrogens (tertiary/aromatic N) is 1. The van der Waals surface area contributed by atoms with E-state index >= 15 is 0 Å². The predicted molar refractivity (Wildman–Crippen MR) is 83.9 cm³/mol. The van der Waals surface area contributed by atoms with Crippen molar-refractivity contribution in [3.63, 3.8) is 0 Å². The Morgan fingerprint density at radius 3 is 2.90 bits per heavy atom. The van der Waals surface area contributed by atoms with E-state index in [-0.39, 0.29) is 11.4 Å². The summed E-state index contributed by atoms with van der Waals surface area (Å²) in [5.41, 5.74) is 7.19. The molecule has 0 saturated carbocycles. The van der Waals surface area contributed by atoms with Crippen molar-refractivity contribution in [2.45, 2.75) is 31.1 Å². The van der Waals surface area contributed by atoms with Crippen LogP contribution in [-0.2, 0) is 16.4 Å². The summed E-state index contributed by atoms with van der Waals surface area (Å²) in [6.45, 7) is 6.83. The topological polar surface area (TPSA) is 72.6 Å². The number of nitrogens with two attached hydrogens (primary N) is 1. The van der Waals surface area contributed by atoms with E-state index in [0.717, 1.165) is 24.8 Å². The molecule has 1 aliphatic rings. The fourth-order valence-corrected chi connectivity index (χ4v) is 4.22. The van der Waals surface area contributed by atoms with Gasteiger partial charge in [0.05, 0.1) is 6.61 Å². The Bertz CT molecular complexity index is 626. The van der Waals surface area contributed by atoms with Crippen molar-refractivity contribution >= 4 is 15.7 Å². The molecule has 0 atom stereocenters. The van der Waals surface area contributed by atoms with Crippen molar-refractivity contribution in [3.8, 4) is 5.75 Å². The van der Waals surface area contributed by atoms with Gasteiger partial charge in [0.1, 0.15) is 10.6 Å². The average molecular weight is 310 g/mol. The van der Waals surface area contributed by atoms with Crippen molar-refractivity contribution in [1.82, 2.24) is 4.31 Å². The maximum atomic E-state index is 12.9. The van der Waals surface area contributed by atoms with Crippen molar-refractivity contribution in [1.29, 1.82) is 0 Å². The van der Waals surface area contributed by atoms with Crippen molar-refractivity contribution in [3.05, 3.63) is 30.4 Å². The number of ether oxygens (including phenoxy) is 1. The molecule has 0 aliphatic carbocycles. The number of sulfonamides is 1. The zero-order chi connectivity index (χ0) is 15.5. The van der Waals surface area contributed by atoms with Crippen molar-refractivity contribution in [2.75, 3.05) is 25.4 Å². The summed E-state index contributed by atoms with van der Waals surface area (Å²) in [5, 5.41) is 0. The Hall–Kier alpha value is -1.53. The summed E-state index contributed by atoms with van der Waals surface area (Å²) < 4.78 is 32.8. The fourth-order valence-electron chi connectivity index (χ4n) is 2.50. The van der Waals surface area contributed by atoms with Crippen molar-refractivity contribution in [2.24, 2.45) is 0 Å². The molecule has 21 heavy (non-hydrogen) atoms. The lowest BCUT2D eigenvalue weighted by Gasteiger charge is -2.25. The molecule has 0 saturated heterocycles. The van der Waals surface area contributed by atoms with E-state index in [1.807, 2.05) is 6.92 Å². The lowest BCUT2D eigenvalue weighted by molar-refractivity contribution is 0.279. The highest BCUT2D eigenvalue weighted by molar-refractivity contribution is 7.89. The molecular weight excluding hydrogens is 288 g/mol. The van der Waals surface area contributed by atoms with Crippen LogP contribution >= 0.6 is 0 Å². The van der Waals surface area contributed by atoms with Gasteiger partial charge in [-0.1, -0.05) is 13.0 Å². The van der Waals surface area contributed by atoms with Crippen molar-refractivity contribution < 1.29 is 13.2 Å². The smallest absolute Gasteiger partial charge is 0.247 e. The number of aryl methyl sites for hydroxylation is 1. The Balaban J connectivity index is 2.52. The van der Waals surface area contributed by atoms with E-state index in [1.165, 1.54) is 10.4 Å². The molecule has 116 valence electrons. The molecule has 1 heterocycles. The lowest BCUT2D eigenvalue weighted by Crippen LogP contribution is -2.32. The number of hydrogen-bond donors (Lipinski definition) is 1. The number of rotatable bonds is 6. The maximum absolute atomic E-state index is 12.9. The first kappa shape index (κ1) is 15.9. The Kier molecular flexibility index (Phi) is 4.90. The van der Waals surface area contributed by atoms with Crippen LogP contribution in [-0.4, -0.2) is 32.4 Å². The van der Waals surface area contributed by atoms with E-state index in [4.69, 9.17) is 10.5 Å². The highest BCUT2D eigenvalue weighted by Gasteiger charge is 2.29. The second kappa shape index (κ2) is 6.49. The van der Waals surface area contributed by atoms with Crippen LogP contribution in [0.2, 0.25) is 0 Å². The first-order valence-corrected chi connectivity index (χ1v) is 8.61. The molecule has 2 rings (SSSR count). The van der Waals surface area contributed by atoms with Gasteiger partial charge in [-0.25, -0.2) is 8.42 Å². The van der Waals surface area contributed by atoms with Gasteiger partial charge in [-0.05, 0) is 37.0 Å². The third kappa shape index (κ3) is 3.22. The van der Waals surface area contributed by atoms with Crippen LogP contribution in [0.1, 0.15) is 25.3 Å². The molecule has 1 aromatic rings. The quantitative estimate of drug-likeness (QED) is 0.645. The molecule has 0 unspecified atom stereocenters. The molecule has 0 spiro atoms. The van der Waals surface area contributed by atoms with E-state index in [1.54, 1.807) is 12.1 Å². The normalized spacial score (nSPS) is 14.6. The largest absolute Gasteiger partial charge is 0.492 e. The highest BCUT2D eigenvalue weighted by Crippen LogP contribution is 2.36. The standard InChI is InChI=1S/C15H22N2O3S/c1-3-7-17(8-4-2)21(18,19)14-11-13(16)10-12-6-5-9-20-15(12)14/h3,10-11H,1,4-9,16H2,2H3. The van der Waals surface area contributed by atoms with Gasteiger partial charge in [0.2, 0.25) is 10.0 Å². The molecule has 2 N–H and O–H groups in total. The second-order valence-electron chi connectivity index (χ2n) is 5.11. The molecule has 1 aromatic carbocycles. The van der Waals surface area contributed by atoms with E-state index in [2.05, 4.69) is 6.58 Å². The summed E-state index contributed by atoms with van der Waals surface area (Å²) in [6.07, 6.45) is 3.99. The minimum atomic E-state index is -3.63. The van der Waals surface area contributed by atoms with Crippen LogP contribution < -0.4 is 10.5 Å². The molecule has 0 aromatic heterocycles. The van der Waals surface area contributed by atoms with Crippen LogP contribution in [0.5, 0.6) is 5.75 Å². The Morgan fingerprint density at radius 2 is 2.24 bits per heavy atom. The number of nitrogen functional groups attached to an aromatic ring is 1. The lowest BCUT2D eigenvalue weighted by atomic mass is 10.1. The molecule has 0 amide bonds. The number of fused-ring (bicyclic) bond motifs is 1. The summed E-state index contributed by atoms with van der Waals surface area (Å²) in [4.78, 5) is 0.174. The van der Waals surface area contributed by atoms with Gasteiger partial charge < -0.3 is 10.5 Å². The van der Waals surface area contributed by atoms with Crippen LogP contribution in [0.15, 0.2) is 29.7 Å². The number of hydrogen-bond acceptors (Lipinski definition) is 4. The molecule has 0 bridgehead atoms. The van der Waals surface area contributed by atoms with Crippen LogP contribution in [0.25, 0.3) is 0 Å². The minimum Gasteiger partial charge on any atom is -0.492 e. The summed E-state index contributed by atoms with van der Waals surface area (Å²) in [7, 11) is -3.63. The monoisotopic (exact) mass is 310 g/mol. The Labute approximate surface area is 126 Å². The molecule has 1 aliphatic heterocycles. The van der Waals surface area contributed by atoms with Gasteiger partial charge in [0.25, 0.3) is 0 Å². The van der Waals surface area contributed by atoms with E-state index < -0.39 is 10.0 Å². The average Bonchev–Trinajstić information content (AvgIpc) is 2.46. The van der Waals surface area contributed by atoms with E-state index in [0.29, 0.717) is 24.6 Å². The first-order valence-electron chi connectivity index (χ1n) is 7.17. The van der Waals surface area contributed by atoms with Crippen LogP contribution in [0.3, 0.4) is 0 Å². The van der Waals surface area contributed by atoms with Gasteiger partial charge in [-0.2, -0.15) is 4.31 Å². The van der Waals surface area contributed by atoms with Crippen LogP contribution in [0.4, 0.5) is 5.69 Å². The molecule has 0 fully saturated rings.